The molecule has 1 amide bonds. The van der Waals surface area contributed by atoms with Crippen LogP contribution >= 0.6 is 23.2 Å². The molecular weight excluding hydrogens is 357 g/mol. The number of aryl methyl sites for hydroxylation is 2. The van der Waals surface area contributed by atoms with E-state index < -0.39 is 0 Å². The molecule has 0 radical (unpaired) electrons. The third kappa shape index (κ3) is 5.07. The molecule has 0 heterocycles. The number of carbonyl (C=O) groups is 2. The van der Waals surface area contributed by atoms with E-state index in [9.17, 15) is 9.59 Å². The van der Waals surface area contributed by atoms with E-state index in [1.165, 1.54) is 0 Å². The number of nitrogens with one attached hydrogen (secondary N) is 1. The average Bonchev–Trinajstić information content (AvgIpc) is 2.55. The molecule has 0 saturated carbocycles. The quantitative estimate of drug-likeness (QED) is 0.711. The molecule has 2 aromatic rings. The van der Waals surface area contributed by atoms with Crippen LogP contribution in [-0.2, 0) is 4.79 Å². The monoisotopic (exact) mass is 377 g/mol. The maximum Gasteiger partial charge on any atom is 0.227 e. The number of carbonyl (C=O) groups excluding carboxylic acids is 2. The number of halogens is 2. The molecule has 132 valence electrons. The SMILES string of the molecule is CCC(C(=O)NCC(=O)c1cc(C)cc(C)c1)c1ccc(Cl)c(Cl)c1. The summed E-state index contributed by atoms with van der Waals surface area (Å²) in [6, 6.07) is 10.8. The standard InChI is InChI=1S/C20H21Cl2NO2/c1-4-16(14-5-6-17(21)18(22)10-14)20(25)23-11-19(24)15-8-12(2)7-13(3)9-15/h5-10,16H,4,11H2,1-3H3,(H,23,25). The highest BCUT2D eigenvalue weighted by atomic mass is 35.5. The second-order valence-electron chi connectivity index (χ2n) is 6.15. The molecule has 1 atom stereocenters. The Bertz CT molecular complexity index is 782. The molecule has 0 aliphatic carbocycles. The molecule has 1 unspecified atom stereocenters. The van der Waals surface area contributed by atoms with Crippen molar-refractivity contribution in [3.8, 4) is 0 Å². The Morgan fingerprint density at radius 1 is 1.00 bits per heavy atom. The van der Waals surface area contributed by atoms with E-state index in [1.54, 1.807) is 18.2 Å². The first-order valence-electron chi connectivity index (χ1n) is 8.16. The van der Waals surface area contributed by atoms with E-state index in [0.29, 0.717) is 22.0 Å². The summed E-state index contributed by atoms with van der Waals surface area (Å²) in [6.07, 6.45) is 0.599. The van der Waals surface area contributed by atoms with Gasteiger partial charge in [-0.3, -0.25) is 9.59 Å². The first-order valence-corrected chi connectivity index (χ1v) is 8.91. The molecule has 0 aliphatic heterocycles. The van der Waals surface area contributed by atoms with E-state index in [1.807, 2.05) is 39.0 Å². The van der Waals surface area contributed by atoms with Crippen molar-refractivity contribution in [3.63, 3.8) is 0 Å². The third-order valence-electron chi connectivity index (χ3n) is 4.04. The lowest BCUT2D eigenvalue weighted by Crippen LogP contribution is -2.33. The van der Waals surface area contributed by atoms with E-state index in [-0.39, 0.29) is 24.2 Å². The Balaban J connectivity index is 2.06. The molecule has 2 rings (SSSR count). The Kier molecular flexibility index (Phi) is 6.63. The van der Waals surface area contributed by atoms with Gasteiger partial charge in [-0.05, 0) is 50.1 Å². The van der Waals surface area contributed by atoms with Crippen LogP contribution in [0, 0.1) is 13.8 Å². The summed E-state index contributed by atoms with van der Waals surface area (Å²) in [4.78, 5) is 24.8. The molecule has 0 aliphatic rings. The van der Waals surface area contributed by atoms with Gasteiger partial charge >= 0.3 is 0 Å². The Labute approximate surface area is 158 Å². The van der Waals surface area contributed by atoms with Crippen LogP contribution in [0.3, 0.4) is 0 Å². The number of Topliss-reactive ketones (excluding diaryl/α,β-unsaturated/α-hetero) is 1. The second kappa shape index (κ2) is 8.50. The molecule has 3 nitrogen and oxygen atoms in total. The van der Waals surface area contributed by atoms with Crippen molar-refractivity contribution < 1.29 is 9.59 Å². The number of ketones is 1. The molecule has 0 saturated heterocycles. The molecule has 25 heavy (non-hydrogen) atoms. The lowest BCUT2D eigenvalue weighted by Gasteiger charge is -2.16. The molecule has 1 N–H and O–H groups in total. The summed E-state index contributed by atoms with van der Waals surface area (Å²) in [5.74, 6) is -0.676. The summed E-state index contributed by atoms with van der Waals surface area (Å²) in [5.41, 5.74) is 3.45. The first kappa shape index (κ1) is 19.5. The summed E-state index contributed by atoms with van der Waals surface area (Å²) in [5, 5.41) is 3.60. The van der Waals surface area contributed by atoms with Crippen LogP contribution < -0.4 is 5.32 Å². The topological polar surface area (TPSA) is 46.2 Å². The lowest BCUT2D eigenvalue weighted by molar-refractivity contribution is -0.122. The van der Waals surface area contributed by atoms with Crippen LogP contribution in [0.1, 0.15) is 46.3 Å². The van der Waals surface area contributed by atoms with Crippen LogP contribution in [0.15, 0.2) is 36.4 Å². The van der Waals surface area contributed by atoms with Gasteiger partial charge in [0.25, 0.3) is 0 Å². The van der Waals surface area contributed by atoms with Crippen molar-refractivity contribution in [2.24, 2.45) is 0 Å². The number of rotatable bonds is 6. The highest BCUT2D eigenvalue weighted by Crippen LogP contribution is 2.28. The first-order chi connectivity index (χ1) is 11.8. The highest BCUT2D eigenvalue weighted by molar-refractivity contribution is 6.42. The minimum atomic E-state index is -0.373. The van der Waals surface area contributed by atoms with Crippen molar-refractivity contribution in [2.75, 3.05) is 6.54 Å². The zero-order valence-corrected chi connectivity index (χ0v) is 16.0. The van der Waals surface area contributed by atoms with Crippen LogP contribution in [0.5, 0.6) is 0 Å². The van der Waals surface area contributed by atoms with Gasteiger partial charge in [0.1, 0.15) is 0 Å². The maximum atomic E-state index is 12.5. The lowest BCUT2D eigenvalue weighted by atomic mass is 9.95. The Morgan fingerprint density at radius 3 is 2.20 bits per heavy atom. The highest BCUT2D eigenvalue weighted by Gasteiger charge is 2.20. The normalized spacial score (nSPS) is 11.9. The summed E-state index contributed by atoms with van der Waals surface area (Å²) in [7, 11) is 0. The van der Waals surface area contributed by atoms with Crippen molar-refractivity contribution >= 4 is 34.9 Å². The zero-order valence-electron chi connectivity index (χ0n) is 14.5. The van der Waals surface area contributed by atoms with Crippen molar-refractivity contribution in [1.29, 1.82) is 0 Å². The molecule has 0 bridgehead atoms. The van der Waals surface area contributed by atoms with Gasteiger partial charge in [0, 0.05) is 5.56 Å². The van der Waals surface area contributed by atoms with Crippen LogP contribution in [0.2, 0.25) is 10.0 Å². The summed E-state index contributed by atoms with van der Waals surface area (Å²) in [6.45, 7) is 5.78. The molecular formula is C20H21Cl2NO2. The summed E-state index contributed by atoms with van der Waals surface area (Å²) < 4.78 is 0. The van der Waals surface area contributed by atoms with Crippen LogP contribution in [0.4, 0.5) is 0 Å². The van der Waals surface area contributed by atoms with Crippen molar-refractivity contribution in [2.45, 2.75) is 33.1 Å². The van der Waals surface area contributed by atoms with Crippen molar-refractivity contribution in [1.82, 2.24) is 5.32 Å². The molecule has 5 heteroatoms. The predicted molar refractivity (Wildman–Crippen MR) is 103 cm³/mol. The number of hydrogen-bond donors (Lipinski definition) is 1. The smallest absolute Gasteiger partial charge is 0.227 e. The summed E-state index contributed by atoms with van der Waals surface area (Å²) >= 11 is 12.0. The number of amides is 1. The molecule has 0 aromatic heterocycles. The molecule has 0 spiro atoms. The maximum absolute atomic E-state index is 12.5. The van der Waals surface area contributed by atoms with Gasteiger partial charge in [0.15, 0.2) is 5.78 Å². The third-order valence-corrected chi connectivity index (χ3v) is 4.78. The van der Waals surface area contributed by atoms with E-state index in [2.05, 4.69) is 5.32 Å². The van der Waals surface area contributed by atoms with Crippen molar-refractivity contribution in [3.05, 3.63) is 68.7 Å². The zero-order chi connectivity index (χ0) is 18.6. The van der Waals surface area contributed by atoms with Gasteiger partial charge in [-0.1, -0.05) is 53.4 Å². The average molecular weight is 378 g/mol. The number of hydrogen-bond acceptors (Lipinski definition) is 2. The fourth-order valence-corrected chi connectivity index (χ4v) is 3.14. The molecule has 0 fully saturated rings. The van der Waals surface area contributed by atoms with Crippen LogP contribution in [0.25, 0.3) is 0 Å². The fraction of sp³-hybridized carbons (Fsp3) is 0.300. The van der Waals surface area contributed by atoms with E-state index in [4.69, 9.17) is 23.2 Å². The van der Waals surface area contributed by atoms with Gasteiger partial charge in [-0.2, -0.15) is 0 Å². The second-order valence-corrected chi connectivity index (χ2v) is 6.97. The van der Waals surface area contributed by atoms with Gasteiger partial charge in [-0.25, -0.2) is 0 Å². The predicted octanol–water partition coefficient (Wildman–Crippen LogP) is 5.10. The van der Waals surface area contributed by atoms with E-state index in [0.717, 1.165) is 16.7 Å². The Hall–Kier alpha value is -1.84. The largest absolute Gasteiger partial charge is 0.348 e. The van der Waals surface area contributed by atoms with Gasteiger partial charge in [0.05, 0.1) is 22.5 Å². The van der Waals surface area contributed by atoms with Gasteiger partial charge < -0.3 is 5.32 Å². The number of benzene rings is 2. The minimum Gasteiger partial charge on any atom is -0.348 e. The minimum absolute atomic E-state index is 0.0282. The Morgan fingerprint density at radius 2 is 1.64 bits per heavy atom. The van der Waals surface area contributed by atoms with E-state index >= 15 is 0 Å². The van der Waals surface area contributed by atoms with Gasteiger partial charge in [-0.15, -0.1) is 0 Å². The van der Waals surface area contributed by atoms with Crippen LogP contribution in [-0.4, -0.2) is 18.2 Å². The molecule has 2 aromatic carbocycles. The van der Waals surface area contributed by atoms with Gasteiger partial charge in [0.2, 0.25) is 5.91 Å². The fourth-order valence-electron chi connectivity index (χ4n) is 2.83.